The Kier molecular flexibility index (Phi) is 9.72. The van der Waals surface area contributed by atoms with E-state index in [0.717, 1.165) is 17.5 Å². The second-order valence-corrected chi connectivity index (χ2v) is 5.86. The molecule has 0 aromatic heterocycles. The summed E-state index contributed by atoms with van der Waals surface area (Å²) in [5, 5.41) is 15.2. The Morgan fingerprint density at radius 2 is 1.89 bits per heavy atom. The number of benzene rings is 2. The quantitative estimate of drug-likeness (QED) is 0.370. The van der Waals surface area contributed by atoms with Gasteiger partial charge in [0, 0.05) is 18.7 Å². The molecule has 2 aromatic carbocycles. The van der Waals surface area contributed by atoms with Crippen LogP contribution in [0.1, 0.15) is 29.2 Å². The summed E-state index contributed by atoms with van der Waals surface area (Å²) in [7, 11) is 0. The molecule has 4 nitrogen and oxygen atoms in total. The minimum Gasteiger partial charge on any atom is -0.357 e. The second-order valence-electron chi connectivity index (χ2n) is 5.86. The summed E-state index contributed by atoms with van der Waals surface area (Å²) in [5.41, 5.74) is 2.74. The van der Waals surface area contributed by atoms with Crippen LogP contribution in [0.2, 0.25) is 0 Å². The number of aliphatic imine (C=N–C) groups is 1. The molecule has 0 saturated heterocycles. The molecule has 7 heteroatoms. The largest absolute Gasteiger partial charge is 0.357 e. The Balaban J connectivity index is 0.00000364. The summed E-state index contributed by atoms with van der Waals surface area (Å²) < 4.78 is 27.0. The molecule has 2 aromatic rings. The monoisotopic (exact) mass is 484 g/mol. The van der Waals surface area contributed by atoms with Crippen LogP contribution >= 0.6 is 24.0 Å². The Bertz CT molecular complexity index is 831. The average Bonchev–Trinajstić information content (AvgIpc) is 2.62. The molecule has 0 spiro atoms. The Labute approximate surface area is 175 Å². The molecule has 0 amide bonds. The van der Waals surface area contributed by atoms with E-state index in [2.05, 4.69) is 15.6 Å². The van der Waals surface area contributed by atoms with Crippen molar-refractivity contribution < 1.29 is 8.78 Å². The highest BCUT2D eigenvalue weighted by molar-refractivity contribution is 14.0. The number of halogens is 3. The van der Waals surface area contributed by atoms with Gasteiger partial charge in [-0.25, -0.2) is 13.8 Å². The smallest absolute Gasteiger partial charge is 0.191 e. The lowest BCUT2D eigenvalue weighted by Gasteiger charge is -2.12. The van der Waals surface area contributed by atoms with E-state index in [-0.39, 0.29) is 42.2 Å². The van der Waals surface area contributed by atoms with Crippen LogP contribution in [-0.4, -0.2) is 19.0 Å². The molecule has 0 atom stereocenters. The minimum atomic E-state index is -0.384. The topological polar surface area (TPSA) is 60.2 Å². The third-order valence-corrected chi connectivity index (χ3v) is 3.92. The molecule has 144 valence electrons. The van der Waals surface area contributed by atoms with Crippen LogP contribution in [0.3, 0.4) is 0 Å². The maximum Gasteiger partial charge on any atom is 0.191 e. The highest BCUT2D eigenvalue weighted by Crippen LogP contribution is 2.12. The van der Waals surface area contributed by atoms with Gasteiger partial charge in [0.1, 0.15) is 11.6 Å². The first-order valence-corrected chi connectivity index (χ1v) is 8.49. The number of rotatable bonds is 6. The lowest BCUT2D eigenvalue weighted by atomic mass is 10.1. The highest BCUT2D eigenvalue weighted by Gasteiger charge is 2.05. The first-order chi connectivity index (χ1) is 12.5. The first-order valence-electron chi connectivity index (χ1n) is 8.49. The van der Waals surface area contributed by atoms with Crippen molar-refractivity contribution in [3.05, 3.63) is 70.3 Å². The van der Waals surface area contributed by atoms with Crippen molar-refractivity contribution in [2.75, 3.05) is 13.1 Å². The van der Waals surface area contributed by atoms with Gasteiger partial charge in [-0.3, -0.25) is 0 Å². The molecule has 0 aliphatic heterocycles. The van der Waals surface area contributed by atoms with Gasteiger partial charge in [-0.05, 0) is 61.7 Å². The minimum absolute atomic E-state index is 0. The van der Waals surface area contributed by atoms with E-state index in [9.17, 15) is 8.78 Å². The van der Waals surface area contributed by atoms with Gasteiger partial charge < -0.3 is 10.6 Å². The Hall–Kier alpha value is -2.21. The van der Waals surface area contributed by atoms with Crippen molar-refractivity contribution in [3.8, 4) is 6.07 Å². The lowest BCUT2D eigenvalue weighted by molar-refractivity contribution is 0.610. The number of nitrogens with zero attached hydrogens (tertiary/aromatic N) is 2. The standard InChI is InChI=1S/C20H22F2N4.HI/c1-3-24-20(25-9-8-16-5-6-18(21)10-14(16)2)26-13-17-11-15(12-23)4-7-19(17)22;/h4-7,10-11H,3,8-9,13H2,1-2H3,(H2,24,25,26);1H. The fourth-order valence-corrected chi connectivity index (χ4v) is 2.53. The molecule has 27 heavy (non-hydrogen) atoms. The fourth-order valence-electron chi connectivity index (χ4n) is 2.53. The SMILES string of the molecule is CCNC(=NCc1cc(C#N)ccc1F)NCCc1ccc(F)cc1C.I. The van der Waals surface area contributed by atoms with E-state index in [1.165, 1.54) is 30.3 Å². The van der Waals surface area contributed by atoms with Gasteiger partial charge in [-0.1, -0.05) is 6.07 Å². The van der Waals surface area contributed by atoms with Crippen LogP contribution in [0.4, 0.5) is 8.78 Å². The molecule has 2 rings (SSSR count). The van der Waals surface area contributed by atoms with Gasteiger partial charge in [-0.15, -0.1) is 24.0 Å². The number of nitriles is 1. The Morgan fingerprint density at radius 1 is 1.11 bits per heavy atom. The van der Waals surface area contributed by atoms with Gasteiger partial charge in [0.05, 0.1) is 18.2 Å². The zero-order valence-corrected chi connectivity index (χ0v) is 17.7. The van der Waals surface area contributed by atoms with Crippen molar-refractivity contribution in [2.45, 2.75) is 26.8 Å². The molecule has 2 N–H and O–H groups in total. The van der Waals surface area contributed by atoms with Gasteiger partial charge in [-0.2, -0.15) is 5.26 Å². The number of aryl methyl sites for hydroxylation is 1. The van der Waals surface area contributed by atoms with Crippen LogP contribution in [0.5, 0.6) is 0 Å². The summed E-state index contributed by atoms with van der Waals surface area (Å²) in [6, 6.07) is 11.0. The summed E-state index contributed by atoms with van der Waals surface area (Å²) in [6.45, 7) is 5.23. The Morgan fingerprint density at radius 3 is 2.56 bits per heavy atom. The summed E-state index contributed by atoms with van der Waals surface area (Å²) in [4.78, 5) is 4.37. The third-order valence-electron chi connectivity index (χ3n) is 3.92. The average molecular weight is 484 g/mol. The van der Waals surface area contributed by atoms with Gasteiger partial charge in [0.25, 0.3) is 0 Å². The number of guanidine groups is 1. The normalized spacial score (nSPS) is 10.7. The third kappa shape index (κ3) is 7.13. The molecule has 0 aliphatic carbocycles. The lowest BCUT2D eigenvalue weighted by Crippen LogP contribution is -2.38. The van der Waals surface area contributed by atoms with Crippen LogP contribution in [0.15, 0.2) is 41.4 Å². The van der Waals surface area contributed by atoms with Crippen LogP contribution in [-0.2, 0) is 13.0 Å². The maximum atomic E-state index is 13.8. The van der Waals surface area contributed by atoms with Gasteiger partial charge in [0.2, 0.25) is 0 Å². The van der Waals surface area contributed by atoms with Crippen LogP contribution in [0.25, 0.3) is 0 Å². The van der Waals surface area contributed by atoms with Crippen molar-refractivity contribution >= 4 is 29.9 Å². The van der Waals surface area contributed by atoms with Crippen LogP contribution < -0.4 is 10.6 Å². The number of hydrogen-bond donors (Lipinski definition) is 2. The zero-order chi connectivity index (χ0) is 18.9. The van der Waals surface area contributed by atoms with E-state index >= 15 is 0 Å². The van der Waals surface area contributed by atoms with Gasteiger partial charge >= 0.3 is 0 Å². The molecule has 0 bridgehead atoms. The summed E-state index contributed by atoms with van der Waals surface area (Å²) in [6.07, 6.45) is 0.717. The molecule has 0 saturated carbocycles. The number of nitrogens with one attached hydrogen (secondary N) is 2. The first kappa shape index (κ1) is 22.8. The molecule has 0 radical (unpaired) electrons. The zero-order valence-electron chi connectivity index (χ0n) is 15.4. The van der Waals surface area contributed by atoms with Crippen molar-refractivity contribution in [1.29, 1.82) is 5.26 Å². The molecule has 0 fully saturated rings. The predicted molar refractivity (Wildman–Crippen MR) is 114 cm³/mol. The number of hydrogen-bond acceptors (Lipinski definition) is 2. The van der Waals surface area contributed by atoms with Crippen molar-refractivity contribution in [1.82, 2.24) is 10.6 Å². The molecular weight excluding hydrogens is 461 g/mol. The summed E-state index contributed by atoms with van der Waals surface area (Å²) in [5.74, 6) is -0.0599. The van der Waals surface area contributed by atoms with E-state index in [4.69, 9.17) is 5.26 Å². The van der Waals surface area contributed by atoms with E-state index in [0.29, 0.717) is 30.2 Å². The molecule has 0 aliphatic rings. The van der Waals surface area contributed by atoms with Crippen molar-refractivity contribution in [2.24, 2.45) is 4.99 Å². The maximum absolute atomic E-state index is 13.8. The molecular formula is C20H23F2IN4. The van der Waals surface area contributed by atoms with E-state index < -0.39 is 0 Å². The van der Waals surface area contributed by atoms with Crippen LogP contribution in [0, 0.1) is 29.9 Å². The van der Waals surface area contributed by atoms with E-state index in [1.54, 1.807) is 6.07 Å². The second kappa shape index (κ2) is 11.5. The fraction of sp³-hybridized carbons (Fsp3) is 0.300. The van der Waals surface area contributed by atoms with Gasteiger partial charge in [0.15, 0.2) is 5.96 Å². The highest BCUT2D eigenvalue weighted by atomic mass is 127. The summed E-state index contributed by atoms with van der Waals surface area (Å²) >= 11 is 0. The van der Waals surface area contributed by atoms with E-state index in [1.807, 2.05) is 19.9 Å². The molecule has 0 unspecified atom stereocenters. The van der Waals surface area contributed by atoms with Crippen molar-refractivity contribution in [3.63, 3.8) is 0 Å². The predicted octanol–water partition coefficient (Wildman–Crippen LogP) is 4.06. The molecule has 0 heterocycles.